The minimum Gasteiger partial charge on any atom is -0.481 e. The Balaban J connectivity index is 2.81. The number of aromatic amines is 1. The van der Waals surface area contributed by atoms with E-state index in [2.05, 4.69) is 9.97 Å². The van der Waals surface area contributed by atoms with Gasteiger partial charge in [-0.2, -0.15) is 0 Å². The molecule has 78 valence electrons. The maximum absolute atomic E-state index is 11.5. The summed E-state index contributed by atoms with van der Waals surface area (Å²) in [5.41, 5.74) is 2.07. The third kappa shape index (κ3) is 1.58. The minimum atomic E-state index is -0.0929. The van der Waals surface area contributed by atoms with Crippen LogP contribution in [0.25, 0.3) is 11.0 Å². The van der Waals surface area contributed by atoms with Gasteiger partial charge in [0, 0.05) is 17.8 Å². The van der Waals surface area contributed by atoms with Crippen LogP contribution in [-0.2, 0) is 6.42 Å². The van der Waals surface area contributed by atoms with Gasteiger partial charge in [-0.15, -0.1) is 0 Å². The average Bonchev–Trinajstić information content (AvgIpc) is 2.28. The van der Waals surface area contributed by atoms with E-state index in [-0.39, 0.29) is 5.43 Å². The summed E-state index contributed by atoms with van der Waals surface area (Å²) < 4.78 is 5.14. The first-order valence-electron chi connectivity index (χ1n) is 4.81. The molecule has 4 nitrogen and oxygen atoms in total. The number of nitrogens with zero attached hydrogens (tertiary/aromatic N) is 1. The lowest BCUT2D eigenvalue weighted by Gasteiger charge is -2.06. The molecule has 0 saturated carbocycles. The molecule has 0 aliphatic carbocycles. The Kier molecular flexibility index (Phi) is 2.41. The number of aryl methyl sites for hydroxylation is 1. The molecule has 15 heavy (non-hydrogen) atoms. The van der Waals surface area contributed by atoms with Gasteiger partial charge in [0.1, 0.15) is 5.52 Å². The van der Waals surface area contributed by atoms with Gasteiger partial charge in [0.05, 0.1) is 12.6 Å². The number of aromatic nitrogens is 2. The molecule has 2 aromatic heterocycles. The smallest absolute Gasteiger partial charge is 0.217 e. The van der Waals surface area contributed by atoms with Crippen molar-refractivity contribution in [2.75, 3.05) is 7.11 Å². The Labute approximate surface area is 86.9 Å². The zero-order valence-corrected chi connectivity index (χ0v) is 8.70. The van der Waals surface area contributed by atoms with Crippen molar-refractivity contribution in [2.45, 2.75) is 13.3 Å². The van der Waals surface area contributed by atoms with Crippen LogP contribution in [-0.4, -0.2) is 17.1 Å². The lowest BCUT2D eigenvalue weighted by Crippen LogP contribution is -2.05. The predicted molar refractivity (Wildman–Crippen MR) is 58.3 cm³/mol. The second-order valence-electron chi connectivity index (χ2n) is 3.25. The van der Waals surface area contributed by atoms with E-state index in [1.807, 2.05) is 13.0 Å². The third-order valence-electron chi connectivity index (χ3n) is 2.34. The number of fused-ring (bicyclic) bond motifs is 1. The van der Waals surface area contributed by atoms with Gasteiger partial charge in [-0.25, -0.2) is 4.98 Å². The van der Waals surface area contributed by atoms with Crippen molar-refractivity contribution in [3.8, 4) is 5.88 Å². The van der Waals surface area contributed by atoms with Crippen LogP contribution in [0, 0.1) is 0 Å². The van der Waals surface area contributed by atoms with E-state index >= 15 is 0 Å². The van der Waals surface area contributed by atoms with E-state index in [0.717, 1.165) is 17.5 Å². The van der Waals surface area contributed by atoms with Crippen LogP contribution in [0.3, 0.4) is 0 Å². The highest BCUT2D eigenvalue weighted by Gasteiger charge is 2.07. The molecule has 0 saturated heterocycles. The van der Waals surface area contributed by atoms with E-state index in [0.29, 0.717) is 11.4 Å². The molecular weight excluding hydrogens is 192 g/mol. The molecule has 2 rings (SSSR count). The van der Waals surface area contributed by atoms with Gasteiger partial charge in [-0.1, -0.05) is 6.92 Å². The molecule has 0 unspecified atom stereocenters. The standard InChI is InChI=1S/C11H12N2O2/c1-3-7-6-8-10(13-11(7)15-2)9(14)4-5-12-8/h4-6H,3H2,1-2H3,(H,12,14). The second-order valence-corrected chi connectivity index (χ2v) is 3.25. The van der Waals surface area contributed by atoms with Gasteiger partial charge in [-0.3, -0.25) is 4.79 Å². The molecule has 4 heteroatoms. The average molecular weight is 204 g/mol. The van der Waals surface area contributed by atoms with Gasteiger partial charge in [0.2, 0.25) is 11.3 Å². The molecular formula is C11H12N2O2. The molecule has 0 aliphatic heterocycles. The Morgan fingerprint density at radius 2 is 2.33 bits per heavy atom. The van der Waals surface area contributed by atoms with Crippen molar-refractivity contribution >= 4 is 11.0 Å². The van der Waals surface area contributed by atoms with Crippen LogP contribution in [0.2, 0.25) is 0 Å². The number of nitrogens with one attached hydrogen (secondary N) is 1. The Morgan fingerprint density at radius 1 is 1.53 bits per heavy atom. The fraction of sp³-hybridized carbons (Fsp3) is 0.273. The number of rotatable bonds is 2. The molecule has 0 radical (unpaired) electrons. The van der Waals surface area contributed by atoms with E-state index < -0.39 is 0 Å². The van der Waals surface area contributed by atoms with Crippen LogP contribution in [0.1, 0.15) is 12.5 Å². The first-order chi connectivity index (χ1) is 7.26. The van der Waals surface area contributed by atoms with Crippen LogP contribution >= 0.6 is 0 Å². The molecule has 1 N–H and O–H groups in total. The maximum Gasteiger partial charge on any atom is 0.217 e. The number of pyridine rings is 2. The molecule has 2 aromatic rings. The monoisotopic (exact) mass is 204 g/mol. The van der Waals surface area contributed by atoms with Crippen molar-refractivity contribution in [3.05, 3.63) is 34.1 Å². The van der Waals surface area contributed by atoms with Gasteiger partial charge < -0.3 is 9.72 Å². The number of H-pyrrole nitrogens is 1. The minimum absolute atomic E-state index is 0.0929. The van der Waals surface area contributed by atoms with Gasteiger partial charge >= 0.3 is 0 Å². The summed E-state index contributed by atoms with van der Waals surface area (Å²) in [6.07, 6.45) is 2.45. The SMILES string of the molecule is CCc1cc2[nH]ccc(=O)c2nc1OC. The van der Waals surface area contributed by atoms with E-state index in [1.54, 1.807) is 13.3 Å². The third-order valence-corrected chi connectivity index (χ3v) is 2.34. The maximum atomic E-state index is 11.5. The van der Waals surface area contributed by atoms with Crippen molar-refractivity contribution < 1.29 is 4.74 Å². The molecule has 2 heterocycles. The Morgan fingerprint density at radius 3 is 3.00 bits per heavy atom. The molecule has 0 amide bonds. The zero-order valence-electron chi connectivity index (χ0n) is 8.70. The van der Waals surface area contributed by atoms with Gasteiger partial charge in [-0.05, 0) is 12.5 Å². The molecule has 0 atom stereocenters. The molecule has 0 bridgehead atoms. The summed E-state index contributed by atoms with van der Waals surface area (Å²) in [5.74, 6) is 0.529. The quantitative estimate of drug-likeness (QED) is 0.806. The summed E-state index contributed by atoms with van der Waals surface area (Å²) in [7, 11) is 1.56. The van der Waals surface area contributed by atoms with Crippen molar-refractivity contribution in [3.63, 3.8) is 0 Å². The molecule has 0 aliphatic rings. The Bertz CT molecular complexity index is 546. The number of ether oxygens (including phenoxy) is 1. The van der Waals surface area contributed by atoms with Gasteiger partial charge in [0.15, 0.2) is 0 Å². The summed E-state index contributed by atoms with van der Waals surface area (Å²) in [6.45, 7) is 2.02. The molecule has 0 spiro atoms. The summed E-state index contributed by atoms with van der Waals surface area (Å²) >= 11 is 0. The highest BCUT2D eigenvalue weighted by atomic mass is 16.5. The predicted octanol–water partition coefficient (Wildman–Crippen LogP) is 1.49. The normalized spacial score (nSPS) is 10.5. The number of methoxy groups -OCH3 is 1. The summed E-state index contributed by atoms with van der Waals surface area (Å²) in [4.78, 5) is 18.7. The van der Waals surface area contributed by atoms with Crippen molar-refractivity contribution in [2.24, 2.45) is 0 Å². The Hall–Kier alpha value is -1.84. The number of hydrogen-bond donors (Lipinski definition) is 1. The fourth-order valence-electron chi connectivity index (χ4n) is 1.55. The first kappa shape index (κ1) is 9.71. The molecule has 0 fully saturated rings. The summed E-state index contributed by atoms with van der Waals surface area (Å²) in [6, 6.07) is 3.36. The van der Waals surface area contributed by atoms with Crippen molar-refractivity contribution in [1.29, 1.82) is 0 Å². The van der Waals surface area contributed by atoms with Gasteiger partial charge in [0.25, 0.3) is 0 Å². The van der Waals surface area contributed by atoms with E-state index in [9.17, 15) is 4.79 Å². The summed E-state index contributed by atoms with van der Waals surface area (Å²) in [5, 5.41) is 0. The van der Waals surface area contributed by atoms with Crippen LogP contribution < -0.4 is 10.2 Å². The highest BCUT2D eigenvalue weighted by molar-refractivity contribution is 5.75. The topological polar surface area (TPSA) is 55.0 Å². The van der Waals surface area contributed by atoms with Crippen molar-refractivity contribution in [1.82, 2.24) is 9.97 Å². The number of hydrogen-bond acceptors (Lipinski definition) is 3. The lowest BCUT2D eigenvalue weighted by molar-refractivity contribution is 0.394. The van der Waals surface area contributed by atoms with E-state index in [4.69, 9.17) is 4.74 Å². The highest BCUT2D eigenvalue weighted by Crippen LogP contribution is 2.19. The zero-order chi connectivity index (χ0) is 10.8. The largest absolute Gasteiger partial charge is 0.481 e. The second kappa shape index (κ2) is 3.73. The fourth-order valence-corrected chi connectivity index (χ4v) is 1.55. The molecule has 0 aromatic carbocycles. The van der Waals surface area contributed by atoms with Crippen LogP contribution in [0.15, 0.2) is 23.1 Å². The first-order valence-corrected chi connectivity index (χ1v) is 4.81. The van der Waals surface area contributed by atoms with Crippen LogP contribution in [0.4, 0.5) is 0 Å². The lowest BCUT2D eigenvalue weighted by atomic mass is 10.2. The van der Waals surface area contributed by atoms with E-state index in [1.165, 1.54) is 6.07 Å². The van der Waals surface area contributed by atoms with Crippen LogP contribution in [0.5, 0.6) is 5.88 Å².